The SMILES string of the molecule is N#Cc1cnn2c(=O)[nH]c(SCc3cc(F)cc(C(F)(F)F)c3)nc12. The first-order chi connectivity index (χ1) is 11.8. The van der Waals surface area contributed by atoms with E-state index in [-0.39, 0.29) is 27.7 Å². The second kappa shape index (κ2) is 6.21. The topological polar surface area (TPSA) is 86.8 Å². The lowest BCUT2D eigenvalue weighted by Crippen LogP contribution is -2.19. The fourth-order valence-electron chi connectivity index (χ4n) is 2.06. The summed E-state index contributed by atoms with van der Waals surface area (Å²) in [5.41, 5.74) is -1.55. The van der Waals surface area contributed by atoms with Gasteiger partial charge in [-0.2, -0.15) is 28.0 Å². The molecule has 0 spiro atoms. The Morgan fingerprint density at radius 1 is 1.32 bits per heavy atom. The van der Waals surface area contributed by atoms with Gasteiger partial charge in [0.15, 0.2) is 10.8 Å². The Morgan fingerprint density at radius 3 is 2.76 bits per heavy atom. The van der Waals surface area contributed by atoms with Crippen molar-refractivity contribution in [2.75, 3.05) is 0 Å². The minimum atomic E-state index is -4.66. The molecule has 0 aliphatic rings. The molecule has 6 nitrogen and oxygen atoms in total. The number of aromatic amines is 1. The number of fused-ring (bicyclic) bond motifs is 1. The molecular formula is C14H7F4N5OS. The van der Waals surface area contributed by atoms with Gasteiger partial charge in [-0.25, -0.2) is 14.2 Å². The van der Waals surface area contributed by atoms with Crippen LogP contribution in [0.2, 0.25) is 0 Å². The second-order valence-electron chi connectivity index (χ2n) is 4.89. The first-order valence-corrected chi connectivity index (χ1v) is 7.64. The quantitative estimate of drug-likeness (QED) is 0.567. The van der Waals surface area contributed by atoms with Gasteiger partial charge in [-0.3, -0.25) is 4.98 Å². The average Bonchev–Trinajstić information content (AvgIpc) is 2.95. The Balaban J connectivity index is 1.90. The molecule has 2 heterocycles. The summed E-state index contributed by atoms with van der Waals surface area (Å²) < 4.78 is 52.4. The molecule has 0 saturated carbocycles. The molecule has 0 aliphatic heterocycles. The molecule has 0 saturated heterocycles. The first-order valence-electron chi connectivity index (χ1n) is 6.65. The lowest BCUT2D eigenvalue weighted by molar-refractivity contribution is -0.137. The highest BCUT2D eigenvalue weighted by atomic mass is 32.2. The van der Waals surface area contributed by atoms with E-state index in [1.54, 1.807) is 0 Å². The highest BCUT2D eigenvalue weighted by Gasteiger charge is 2.31. The smallest absolute Gasteiger partial charge is 0.285 e. The van der Waals surface area contributed by atoms with E-state index in [9.17, 15) is 22.4 Å². The van der Waals surface area contributed by atoms with Gasteiger partial charge in [-0.1, -0.05) is 11.8 Å². The molecule has 0 bridgehead atoms. The molecule has 0 atom stereocenters. The summed E-state index contributed by atoms with van der Waals surface area (Å²) in [5, 5.41) is 12.7. The number of nitrogens with one attached hydrogen (secondary N) is 1. The van der Waals surface area contributed by atoms with Crippen LogP contribution in [0.1, 0.15) is 16.7 Å². The predicted octanol–water partition coefficient (Wildman–Crippen LogP) is 2.74. The van der Waals surface area contributed by atoms with Crippen LogP contribution in [0.4, 0.5) is 17.6 Å². The van der Waals surface area contributed by atoms with Crippen LogP contribution < -0.4 is 5.69 Å². The Kier molecular flexibility index (Phi) is 4.22. The Bertz CT molecular complexity index is 1050. The molecule has 0 fully saturated rings. The Labute approximate surface area is 141 Å². The Morgan fingerprint density at radius 2 is 2.08 bits per heavy atom. The molecule has 0 unspecified atom stereocenters. The van der Waals surface area contributed by atoms with E-state index in [0.717, 1.165) is 28.4 Å². The van der Waals surface area contributed by atoms with Crippen molar-refractivity contribution in [2.45, 2.75) is 17.1 Å². The van der Waals surface area contributed by atoms with Crippen LogP contribution in [-0.2, 0) is 11.9 Å². The van der Waals surface area contributed by atoms with Gasteiger partial charge in [0, 0.05) is 5.75 Å². The summed E-state index contributed by atoms with van der Waals surface area (Å²) >= 11 is 0.902. The van der Waals surface area contributed by atoms with Crippen molar-refractivity contribution < 1.29 is 17.6 Å². The third kappa shape index (κ3) is 3.48. The molecule has 1 aromatic carbocycles. The van der Waals surface area contributed by atoms with Gasteiger partial charge < -0.3 is 0 Å². The molecule has 0 aliphatic carbocycles. The maximum Gasteiger partial charge on any atom is 0.416 e. The molecule has 3 rings (SSSR count). The Hall–Kier alpha value is -2.87. The van der Waals surface area contributed by atoms with Crippen molar-refractivity contribution in [3.63, 3.8) is 0 Å². The van der Waals surface area contributed by atoms with Gasteiger partial charge in [-0.15, -0.1) is 0 Å². The van der Waals surface area contributed by atoms with Gasteiger partial charge in [0.2, 0.25) is 0 Å². The monoisotopic (exact) mass is 369 g/mol. The van der Waals surface area contributed by atoms with E-state index in [2.05, 4.69) is 15.1 Å². The largest absolute Gasteiger partial charge is 0.416 e. The zero-order chi connectivity index (χ0) is 18.2. The van der Waals surface area contributed by atoms with Crippen molar-refractivity contribution >= 4 is 17.4 Å². The molecule has 1 N–H and O–H groups in total. The predicted molar refractivity (Wildman–Crippen MR) is 79.3 cm³/mol. The van der Waals surface area contributed by atoms with Crippen molar-refractivity contribution in [1.29, 1.82) is 5.26 Å². The van der Waals surface area contributed by atoms with Crippen molar-refractivity contribution in [3.8, 4) is 6.07 Å². The van der Waals surface area contributed by atoms with Crippen LogP contribution in [0.5, 0.6) is 0 Å². The van der Waals surface area contributed by atoms with Crippen LogP contribution >= 0.6 is 11.8 Å². The number of nitriles is 1. The van der Waals surface area contributed by atoms with E-state index >= 15 is 0 Å². The number of nitrogens with zero attached hydrogens (tertiary/aromatic N) is 4. The van der Waals surface area contributed by atoms with Crippen molar-refractivity contribution in [2.24, 2.45) is 0 Å². The van der Waals surface area contributed by atoms with Gasteiger partial charge in [0.1, 0.15) is 17.4 Å². The third-order valence-electron chi connectivity index (χ3n) is 3.14. The zero-order valence-electron chi connectivity index (χ0n) is 12.1. The van der Waals surface area contributed by atoms with Crippen molar-refractivity contribution in [3.05, 3.63) is 57.4 Å². The highest BCUT2D eigenvalue weighted by Crippen LogP contribution is 2.31. The summed E-state index contributed by atoms with van der Waals surface area (Å²) in [6, 6.07) is 4.03. The maximum atomic E-state index is 13.4. The number of H-pyrrole nitrogens is 1. The van der Waals surface area contributed by atoms with Gasteiger partial charge >= 0.3 is 11.9 Å². The fourth-order valence-corrected chi connectivity index (χ4v) is 2.84. The maximum absolute atomic E-state index is 13.4. The minimum absolute atomic E-state index is 0.0315. The van der Waals surface area contributed by atoms with Crippen LogP contribution in [0.15, 0.2) is 34.3 Å². The molecule has 0 amide bonds. The second-order valence-corrected chi connectivity index (χ2v) is 5.85. The number of hydrogen-bond donors (Lipinski definition) is 1. The van der Waals surface area contributed by atoms with E-state index in [0.29, 0.717) is 6.07 Å². The van der Waals surface area contributed by atoms with Crippen LogP contribution in [0.25, 0.3) is 5.65 Å². The fraction of sp³-hybridized carbons (Fsp3) is 0.143. The molecule has 0 radical (unpaired) electrons. The summed E-state index contributed by atoms with van der Waals surface area (Å²) in [4.78, 5) is 18.3. The summed E-state index contributed by atoms with van der Waals surface area (Å²) in [6.45, 7) is 0. The molecular weight excluding hydrogens is 362 g/mol. The molecule has 25 heavy (non-hydrogen) atoms. The number of aromatic nitrogens is 4. The van der Waals surface area contributed by atoms with Gasteiger partial charge in [0.25, 0.3) is 0 Å². The number of rotatable bonds is 3. The highest BCUT2D eigenvalue weighted by molar-refractivity contribution is 7.98. The average molecular weight is 369 g/mol. The summed E-state index contributed by atoms with van der Waals surface area (Å²) in [5.74, 6) is -1.07. The number of alkyl halides is 3. The number of thioether (sulfide) groups is 1. The lowest BCUT2D eigenvalue weighted by atomic mass is 10.1. The molecule has 3 aromatic rings. The minimum Gasteiger partial charge on any atom is -0.285 e. The first kappa shape index (κ1) is 17.0. The molecule has 11 heteroatoms. The van der Waals surface area contributed by atoms with Crippen molar-refractivity contribution in [1.82, 2.24) is 19.6 Å². The van der Waals surface area contributed by atoms with E-state index in [1.807, 2.05) is 6.07 Å². The van der Waals surface area contributed by atoms with E-state index in [4.69, 9.17) is 5.26 Å². The van der Waals surface area contributed by atoms with Crippen LogP contribution in [-0.4, -0.2) is 19.6 Å². The number of halogens is 4. The van der Waals surface area contributed by atoms with E-state index in [1.165, 1.54) is 6.20 Å². The standard InChI is InChI=1S/C14H7F4N5OS/c15-10-2-7(1-9(3-10)14(16,17)18)6-25-12-21-11-8(4-19)5-20-23(11)13(24)22-12/h1-3,5H,6H2,(H,21,22,24). The summed E-state index contributed by atoms with van der Waals surface area (Å²) in [7, 11) is 0. The number of benzene rings is 1. The molecule has 2 aromatic heterocycles. The normalized spacial score (nSPS) is 11.6. The lowest BCUT2D eigenvalue weighted by Gasteiger charge is -2.09. The van der Waals surface area contributed by atoms with Gasteiger partial charge in [0.05, 0.1) is 11.8 Å². The van der Waals surface area contributed by atoms with Crippen LogP contribution in [0.3, 0.4) is 0 Å². The zero-order valence-corrected chi connectivity index (χ0v) is 13.0. The van der Waals surface area contributed by atoms with E-state index < -0.39 is 23.2 Å². The van der Waals surface area contributed by atoms with Gasteiger partial charge in [-0.05, 0) is 23.8 Å². The third-order valence-corrected chi connectivity index (χ3v) is 4.08. The summed E-state index contributed by atoms with van der Waals surface area (Å²) in [6.07, 6.45) is -3.49. The number of hydrogen-bond acceptors (Lipinski definition) is 5. The van der Waals surface area contributed by atoms with Crippen LogP contribution in [0, 0.1) is 17.1 Å². The molecule has 128 valence electrons.